The van der Waals surface area contributed by atoms with Gasteiger partial charge in [0.1, 0.15) is 12.7 Å². The van der Waals surface area contributed by atoms with E-state index in [4.69, 9.17) is 9.47 Å². The molecule has 0 spiro atoms. The molecular weight excluding hydrogens is 246 g/mol. The minimum atomic E-state index is -0.519. The molecule has 2 aromatic carbocycles. The van der Waals surface area contributed by atoms with Crippen molar-refractivity contribution in [1.29, 1.82) is 0 Å². The Morgan fingerprint density at radius 1 is 1.21 bits per heavy atom. The summed E-state index contributed by atoms with van der Waals surface area (Å²) >= 11 is 0. The van der Waals surface area contributed by atoms with E-state index in [2.05, 4.69) is 6.07 Å². The van der Waals surface area contributed by atoms with Crippen molar-refractivity contribution in [3.63, 3.8) is 0 Å². The second kappa shape index (κ2) is 5.86. The molecule has 5 nitrogen and oxygen atoms in total. The van der Waals surface area contributed by atoms with Crippen LogP contribution >= 0.6 is 0 Å². The summed E-state index contributed by atoms with van der Waals surface area (Å²) in [5, 5.41) is 10.7. The quantitative estimate of drug-likeness (QED) is 0.611. The Bertz CT molecular complexity index is 569. The highest BCUT2D eigenvalue weighted by Gasteiger charge is 2.13. The fourth-order valence-electron chi connectivity index (χ4n) is 1.55. The first-order valence-corrected chi connectivity index (χ1v) is 5.62. The molecule has 0 saturated heterocycles. The second-order valence-corrected chi connectivity index (χ2v) is 3.77. The van der Waals surface area contributed by atoms with Crippen LogP contribution < -0.4 is 9.47 Å². The highest BCUT2D eigenvalue weighted by Crippen LogP contribution is 2.30. The zero-order valence-electron chi connectivity index (χ0n) is 10.3. The van der Waals surface area contributed by atoms with E-state index in [9.17, 15) is 10.1 Å². The predicted octanol–water partition coefficient (Wildman–Crippen LogP) is 2.98. The van der Waals surface area contributed by atoms with Gasteiger partial charge in [0.25, 0.3) is 5.69 Å². The molecule has 0 aromatic heterocycles. The summed E-state index contributed by atoms with van der Waals surface area (Å²) in [6.07, 6.45) is 0. The van der Waals surface area contributed by atoms with E-state index in [0.717, 1.165) is 5.56 Å². The molecule has 0 bridgehead atoms. The van der Waals surface area contributed by atoms with Crippen LogP contribution in [0.15, 0.2) is 42.5 Å². The monoisotopic (exact) mass is 258 g/mol. The van der Waals surface area contributed by atoms with Gasteiger partial charge in [0.05, 0.1) is 12.0 Å². The van der Waals surface area contributed by atoms with Crippen LogP contribution in [0.5, 0.6) is 11.5 Å². The van der Waals surface area contributed by atoms with Crippen molar-refractivity contribution in [3.8, 4) is 11.5 Å². The lowest BCUT2D eigenvalue weighted by Crippen LogP contribution is -1.99. The number of ether oxygens (including phenoxy) is 2. The third kappa shape index (κ3) is 3.22. The standard InChI is InChI=1S/C14H12NO4/c1-18-13-8-7-12(15(16)17)9-14(13)19-10-11-5-3-2-4-6-11/h2-8H,10H2,1H3. The molecule has 0 atom stereocenters. The van der Waals surface area contributed by atoms with Crippen LogP contribution in [0.4, 0.5) is 5.69 Å². The first kappa shape index (κ1) is 12.9. The minimum absolute atomic E-state index is 0.149. The van der Waals surface area contributed by atoms with Crippen molar-refractivity contribution < 1.29 is 14.4 Å². The molecule has 2 rings (SSSR count). The van der Waals surface area contributed by atoms with Crippen LogP contribution in [0.3, 0.4) is 0 Å². The number of hydrogen-bond donors (Lipinski definition) is 0. The fraction of sp³-hybridized carbons (Fsp3) is 0.143. The SMILES string of the molecule is COc1ccc([N+](=O)[O-])[c]c1OCc1ccccc1. The van der Waals surface area contributed by atoms with Crippen LogP contribution in [0.1, 0.15) is 5.56 Å². The fourth-order valence-corrected chi connectivity index (χ4v) is 1.55. The smallest absolute Gasteiger partial charge is 0.281 e. The normalized spacial score (nSPS) is 9.95. The van der Waals surface area contributed by atoms with Gasteiger partial charge in [-0.3, -0.25) is 10.1 Å². The number of benzene rings is 2. The Balaban J connectivity index is 2.18. The van der Waals surface area contributed by atoms with E-state index >= 15 is 0 Å². The molecule has 0 aliphatic rings. The predicted molar refractivity (Wildman–Crippen MR) is 69.3 cm³/mol. The number of nitro groups is 1. The van der Waals surface area contributed by atoms with Crippen molar-refractivity contribution in [3.05, 3.63) is 64.2 Å². The minimum Gasteiger partial charge on any atom is -0.493 e. The number of nitrogens with zero attached hydrogens (tertiary/aromatic N) is 1. The summed E-state index contributed by atoms with van der Waals surface area (Å²) in [7, 11) is 1.48. The molecule has 2 aromatic rings. The van der Waals surface area contributed by atoms with Crippen LogP contribution in [0, 0.1) is 16.2 Å². The van der Waals surface area contributed by atoms with Gasteiger partial charge in [-0.25, -0.2) is 0 Å². The number of hydrogen-bond acceptors (Lipinski definition) is 4. The Morgan fingerprint density at radius 2 is 1.95 bits per heavy atom. The molecule has 19 heavy (non-hydrogen) atoms. The number of rotatable bonds is 5. The van der Waals surface area contributed by atoms with Gasteiger partial charge in [-0.2, -0.15) is 0 Å². The maximum Gasteiger partial charge on any atom is 0.281 e. The lowest BCUT2D eigenvalue weighted by Gasteiger charge is -2.09. The summed E-state index contributed by atoms with van der Waals surface area (Å²) < 4.78 is 10.6. The average Bonchev–Trinajstić information content (AvgIpc) is 2.45. The third-order valence-corrected chi connectivity index (χ3v) is 2.50. The number of methoxy groups -OCH3 is 1. The Labute approximate surface area is 110 Å². The van der Waals surface area contributed by atoms with E-state index in [-0.39, 0.29) is 11.4 Å². The van der Waals surface area contributed by atoms with Gasteiger partial charge < -0.3 is 9.47 Å². The van der Waals surface area contributed by atoms with Gasteiger partial charge >= 0.3 is 0 Å². The van der Waals surface area contributed by atoms with Crippen molar-refractivity contribution >= 4 is 5.69 Å². The van der Waals surface area contributed by atoms with E-state index in [1.807, 2.05) is 30.3 Å². The second-order valence-electron chi connectivity index (χ2n) is 3.77. The van der Waals surface area contributed by atoms with E-state index in [1.54, 1.807) is 0 Å². The van der Waals surface area contributed by atoms with Crippen LogP contribution in [0.25, 0.3) is 0 Å². The van der Waals surface area contributed by atoms with Crippen molar-refractivity contribution in [2.75, 3.05) is 7.11 Å². The van der Waals surface area contributed by atoms with Gasteiger partial charge in [0, 0.05) is 6.07 Å². The Kier molecular flexibility index (Phi) is 3.97. The van der Waals surface area contributed by atoms with Crippen molar-refractivity contribution in [2.45, 2.75) is 6.61 Å². The summed E-state index contributed by atoms with van der Waals surface area (Å²) in [5.41, 5.74) is 0.813. The van der Waals surface area contributed by atoms with Gasteiger partial charge in [0.15, 0.2) is 11.5 Å². The zero-order chi connectivity index (χ0) is 13.7. The lowest BCUT2D eigenvalue weighted by molar-refractivity contribution is -0.385. The molecule has 97 valence electrons. The molecule has 1 radical (unpaired) electrons. The lowest BCUT2D eigenvalue weighted by atomic mass is 10.2. The van der Waals surface area contributed by atoms with E-state index < -0.39 is 4.92 Å². The maximum atomic E-state index is 10.7. The van der Waals surface area contributed by atoms with E-state index in [1.165, 1.54) is 19.2 Å². The molecule has 0 saturated carbocycles. The van der Waals surface area contributed by atoms with Gasteiger partial charge in [-0.1, -0.05) is 30.3 Å². The molecule has 5 heteroatoms. The van der Waals surface area contributed by atoms with Gasteiger partial charge in [0.2, 0.25) is 0 Å². The molecule has 0 aliphatic heterocycles. The highest BCUT2D eigenvalue weighted by molar-refractivity contribution is 5.47. The first-order valence-electron chi connectivity index (χ1n) is 5.62. The van der Waals surface area contributed by atoms with Gasteiger partial charge in [-0.15, -0.1) is 0 Å². The molecule has 0 N–H and O–H groups in total. The van der Waals surface area contributed by atoms with Crippen molar-refractivity contribution in [2.24, 2.45) is 0 Å². The molecule has 0 heterocycles. The molecule has 0 aliphatic carbocycles. The summed E-state index contributed by atoms with van der Waals surface area (Å²) in [4.78, 5) is 10.2. The van der Waals surface area contributed by atoms with Crippen LogP contribution in [0.2, 0.25) is 0 Å². The summed E-state index contributed by atoms with van der Waals surface area (Å²) in [5.74, 6) is 0.655. The summed E-state index contributed by atoms with van der Waals surface area (Å²) in [6.45, 7) is 0.300. The molecular formula is C14H12NO4. The molecule has 0 unspecified atom stereocenters. The topological polar surface area (TPSA) is 61.6 Å². The highest BCUT2D eigenvalue weighted by atomic mass is 16.6. The van der Waals surface area contributed by atoms with Crippen LogP contribution in [-0.2, 0) is 6.61 Å². The van der Waals surface area contributed by atoms with Crippen molar-refractivity contribution in [1.82, 2.24) is 0 Å². The Morgan fingerprint density at radius 3 is 2.58 bits per heavy atom. The number of nitro benzene ring substituents is 1. The maximum absolute atomic E-state index is 10.7. The van der Waals surface area contributed by atoms with Gasteiger partial charge in [-0.05, 0) is 11.6 Å². The Hall–Kier alpha value is -2.56. The largest absolute Gasteiger partial charge is 0.493 e. The third-order valence-electron chi connectivity index (χ3n) is 2.50. The first-order chi connectivity index (χ1) is 9.20. The molecule has 0 amide bonds. The van der Waals surface area contributed by atoms with Crippen LogP contribution in [-0.4, -0.2) is 12.0 Å². The molecule has 0 fully saturated rings. The van der Waals surface area contributed by atoms with E-state index in [0.29, 0.717) is 12.4 Å². The zero-order valence-corrected chi connectivity index (χ0v) is 10.3. The summed E-state index contributed by atoms with van der Waals surface area (Å²) in [6, 6.07) is 14.9. The number of non-ortho nitro benzene ring substituents is 1. The average molecular weight is 258 g/mol.